The summed E-state index contributed by atoms with van der Waals surface area (Å²) in [5.41, 5.74) is -5.37. The summed E-state index contributed by atoms with van der Waals surface area (Å²) in [6.07, 6.45) is -3.24. The molecule has 0 aliphatic heterocycles. The Balaban J connectivity index is 2.52. The third-order valence-corrected chi connectivity index (χ3v) is 4.75. The van der Waals surface area contributed by atoms with Crippen molar-refractivity contribution in [2.24, 2.45) is 5.14 Å². The maximum atomic E-state index is 14.1. The molecule has 1 heterocycles. The number of sulfonamides is 1. The SMILES string of the molecule is NS(=O)(=O)c1cc(-c2c(F)c(F)cc(F)c2F)cc(C(F)(F)F)c1-n1cccn1. The first-order valence-electron chi connectivity index (χ1n) is 7.43. The Morgan fingerprint density at radius 3 is 2.00 bits per heavy atom. The summed E-state index contributed by atoms with van der Waals surface area (Å²) in [7, 11) is -4.91. The van der Waals surface area contributed by atoms with Crippen LogP contribution in [0, 0.1) is 23.3 Å². The van der Waals surface area contributed by atoms with E-state index in [1.807, 2.05) is 0 Å². The number of benzene rings is 2. The van der Waals surface area contributed by atoms with E-state index < -0.39 is 66.7 Å². The van der Waals surface area contributed by atoms with Gasteiger partial charge in [-0.1, -0.05) is 0 Å². The van der Waals surface area contributed by atoms with Crippen LogP contribution in [-0.2, 0) is 16.2 Å². The average Bonchev–Trinajstić information content (AvgIpc) is 3.12. The number of primary sulfonamides is 1. The molecule has 1 aromatic heterocycles. The second-order valence-electron chi connectivity index (χ2n) is 5.71. The summed E-state index contributed by atoms with van der Waals surface area (Å²) in [5, 5.41) is 8.52. The van der Waals surface area contributed by atoms with Gasteiger partial charge >= 0.3 is 6.18 Å². The van der Waals surface area contributed by atoms with Gasteiger partial charge in [-0.15, -0.1) is 0 Å². The van der Waals surface area contributed by atoms with Gasteiger partial charge in [-0.3, -0.25) is 0 Å². The van der Waals surface area contributed by atoms with E-state index in [0.29, 0.717) is 10.7 Å². The molecule has 154 valence electrons. The standard InChI is InChI=1S/C16H8F7N3O2S/c17-9-6-10(18)14(20)12(13(9)19)7-4-8(16(21,22)23)15(26-3-1-2-25-26)11(5-7)29(24,27)28/h1-6H,(H2,24,27,28). The van der Waals surface area contributed by atoms with Gasteiger partial charge in [0.1, 0.15) is 4.90 Å². The topological polar surface area (TPSA) is 78.0 Å². The van der Waals surface area contributed by atoms with Gasteiger partial charge in [-0.25, -0.2) is 35.8 Å². The van der Waals surface area contributed by atoms with Crippen LogP contribution in [0.5, 0.6) is 0 Å². The first kappa shape index (κ1) is 20.8. The van der Waals surface area contributed by atoms with E-state index in [4.69, 9.17) is 5.14 Å². The van der Waals surface area contributed by atoms with Gasteiger partial charge in [-0.05, 0) is 23.8 Å². The highest BCUT2D eigenvalue weighted by Crippen LogP contribution is 2.41. The van der Waals surface area contributed by atoms with Crippen LogP contribution in [-0.4, -0.2) is 18.2 Å². The first-order chi connectivity index (χ1) is 13.3. The smallest absolute Gasteiger partial charge is 0.239 e. The highest BCUT2D eigenvalue weighted by atomic mass is 32.2. The number of nitrogens with two attached hydrogens (primary N) is 1. The molecule has 0 unspecified atom stereocenters. The Hall–Kier alpha value is -2.93. The number of hydrogen-bond acceptors (Lipinski definition) is 3. The normalized spacial score (nSPS) is 12.4. The van der Waals surface area contributed by atoms with Crippen molar-refractivity contribution in [3.05, 3.63) is 65.5 Å². The molecular formula is C16H8F7N3O2S. The van der Waals surface area contributed by atoms with Gasteiger partial charge in [0.2, 0.25) is 10.0 Å². The zero-order chi connectivity index (χ0) is 21.7. The van der Waals surface area contributed by atoms with E-state index in [0.717, 1.165) is 12.4 Å². The molecule has 0 atom stereocenters. The fraction of sp³-hybridized carbons (Fsp3) is 0.0625. The average molecular weight is 439 g/mol. The van der Waals surface area contributed by atoms with Gasteiger partial charge in [0.05, 0.1) is 16.8 Å². The molecule has 0 fully saturated rings. The second kappa shape index (κ2) is 6.84. The molecule has 0 aliphatic rings. The van der Waals surface area contributed by atoms with Crippen LogP contribution in [0.3, 0.4) is 0 Å². The molecule has 0 radical (unpaired) electrons. The molecule has 2 aromatic carbocycles. The van der Waals surface area contributed by atoms with E-state index >= 15 is 0 Å². The van der Waals surface area contributed by atoms with Crippen molar-refractivity contribution in [3.8, 4) is 16.8 Å². The number of halogens is 7. The summed E-state index contributed by atoms with van der Waals surface area (Å²) in [4.78, 5) is -1.21. The van der Waals surface area contributed by atoms with E-state index in [-0.39, 0.29) is 12.1 Å². The predicted molar refractivity (Wildman–Crippen MR) is 85.2 cm³/mol. The fourth-order valence-electron chi connectivity index (χ4n) is 2.65. The molecule has 0 bridgehead atoms. The Morgan fingerprint density at radius 1 is 0.966 bits per heavy atom. The van der Waals surface area contributed by atoms with Gasteiger partial charge in [0.25, 0.3) is 0 Å². The van der Waals surface area contributed by atoms with Crippen LogP contribution in [0.4, 0.5) is 30.7 Å². The molecule has 0 aliphatic carbocycles. The predicted octanol–water partition coefficient (Wildman–Crippen LogP) is 3.76. The van der Waals surface area contributed by atoms with E-state index in [9.17, 15) is 39.2 Å². The van der Waals surface area contributed by atoms with E-state index in [2.05, 4.69) is 5.10 Å². The molecule has 3 rings (SSSR count). The summed E-state index contributed by atoms with van der Waals surface area (Å²) in [5.74, 6) is -7.80. The van der Waals surface area contributed by atoms with Crippen molar-refractivity contribution in [2.75, 3.05) is 0 Å². The van der Waals surface area contributed by atoms with E-state index in [1.54, 1.807) is 0 Å². The lowest BCUT2D eigenvalue weighted by Crippen LogP contribution is -2.20. The Labute approximate surface area is 158 Å². The molecule has 29 heavy (non-hydrogen) atoms. The molecule has 0 spiro atoms. The van der Waals surface area contributed by atoms with Crippen molar-refractivity contribution in [1.82, 2.24) is 9.78 Å². The Kier molecular flexibility index (Phi) is 4.91. The highest BCUT2D eigenvalue weighted by molar-refractivity contribution is 7.89. The lowest BCUT2D eigenvalue weighted by Gasteiger charge is -2.18. The quantitative estimate of drug-likeness (QED) is 0.499. The molecule has 0 amide bonds. The molecule has 5 nitrogen and oxygen atoms in total. The maximum absolute atomic E-state index is 14.1. The van der Waals surface area contributed by atoms with Crippen molar-refractivity contribution < 1.29 is 39.2 Å². The summed E-state index contributed by atoms with van der Waals surface area (Å²) in [6.45, 7) is 0. The minimum Gasteiger partial charge on any atom is -0.239 e. The Morgan fingerprint density at radius 2 is 1.55 bits per heavy atom. The highest BCUT2D eigenvalue weighted by Gasteiger charge is 2.38. The number of rotatable bonds is 3. The molecule has 2 N–H and O–H groups in total. The van der Waals surface area contributed by atoms with E-state index in [1.165, 1.54) is 6.07 Å². The molecule has 0 saturated heterocycles. The molecule has 13 heteroatoms. The number of nitrogens with zero attached hydrogens (tertiary/aromatic N) is 2. The zero-order valence-electron chi connectivity index (χ0n) is 13.8. The van der Waals surface area contributed by atoms with Crippen LogP contribution in [0.25, 0.3) is 16.8 Å². The van der Waals surface area contributed by atoms with Gasteiger partial charge in [0, 0.05) is 18.5 Å². The van der Waals surface area contributed by atoms with Crippen LogP contribution in [0.2, 0.25) is 0 Å². The van der Waals surface area contributed by atoms with Crippen LogP contribution in [0.1, 0.15) is 5.56 Å². The lowest BCUT2D eigenvalue weighted by atomic mass is 9.99. The van der Waals surface area contributed by atoms with Gasteiger partial charge in [-0.2, -0.15) is 18.3 Å². The largest absolute Gasteiger partial charge is 0.418 e. The molecule has 0 saturated carbocycles. The van der Waals surface area contributed by atoms with Crippen molar-refractivity contribution in [3.63, 3.8) is 0 Å². The summed E-state index contributed by atoms with van der Waals surface area (Å²) >= 11 is 0. The number of aromatic nitrogens is 2. The fourth-order valence-corrected chi connectivity index (χ4v) is 3.41. The summed E-state index contributed by atoms with van der Waals surface area (Å²) < 4.78 is 121. The zero-order valence-corrected chi connectivity index (χ0v) is 14.6. The van der Waals surface area contributed by atoms with Crippen LogP contribution in [0.15, 0.2) is 41.6 Å². The second-order valence-corrected chi connectivity index (χ2v) is 7.24. The van der Waals surface area contributed by atoms with Crippen molar-refractivity contribution >= 4 is 10.0 Å². The maximum Gasteiger partial charge on any atom is 0.418 e. The Bertz CT molecular complexity index is 1180. The third kappa shape index (κ3) is 3.70. The minimum atomic E-state index is -5.25. The lowest BCUT2D eigenvalue weighted by molar-refractivity contribution is -0.137. The number of alkyl halides is 3. The van der Waals surface area contributed by atoms with Crippen molar-refractivity contribution in [1.29, 1.82) is 0 Å². The summed E-state index contributed by atoms with van der Waals surface area (Å²) in [6, 6.07) is 1.56. The van der Waals surface area contributed by atoms with Crippen molar-refractivity contribution in [2.45, 2.75) is 11.1 Å². The van der Waals surface area contributed by atoms with Gasteiger partial charge < -0.3 is 0 Å². The van der Waals surface area contributed by atoms with Gasteiger partial charge in [0.15, 0.2) is 23.3 Å². The molecule has 3 aromatic rings. The molecular weight excluding hydrogens is 431 g/mol. The number of hydrogen-bond donors (Lipinski definition) is 1. The third-order valence-electron chi connectivity index (χ3n) is 3.82. The van der Waals surface area contributed by atoms with Crippen LogP contribution < -0.4 is 5.14 Å². The van der Waals surface area contributed by atoms with Crippen LogP contribution >= 0.6 is 0 Å². The monoisotopic (exact) mass is 439 g/mol. The minimum absolute atomic E-state index is 0.141. The first-order valence-corrected chi connectivity index (χ1v) is 8.98.